The number of hydrazine groups is 1. The zero-order valence-electron chi connectivity index (χ0n) is 26.4. The molecule has 3 aromatic carbocycles. The number of ether oxygens (including phenoxy) is 1. The number of rotatable bonds is 12. The van der Waals surface area contributed by atoms with E-state index in [0.717, 1.165) is 41.9 Å². The molecule has 1 aliphatic heterocycles. The van der Waals surface area contributed by atoms with E-state index in [1.54, 1.807) is 52.6 Å². The minimum atomic E-state index is -0.451. The number of nitrogens with zero attached hydrogens (tertiary/aromatic N) is 3. The predicted octanol–water partition coefficient (Wildman–Crippen LogP) is 6.37. The van der Waals surface area contributed by atoms with Crippen LogP contribution in [-0.4, -0.2) is 78.6 Å². The van der Waals surface area contributed by atoms with Crippen LogP contribution in [0.4, 0.5) is 10.5 Å². The van der Waals surface area contributed by atoms with Crippen molar-refractivity contribution in [1.82, 2.24) is 20.2 Å². The number of hydrogen-bond acceptors (Lipinski definition) is 7. The van der Waals surface area contributed by atoms with Gasteiger partial charge in [-0.2, -0.15) is 0 Å². The summed E-state index contributed by atoms with van der Waals surface area (Å²) in [6, 6.07) is 28.5. The molecular weight excluding hydrogens is 598 g/mol. The van der Waals surface area contributed by atoms with Gasteiger partial charge in [-0.05, 0) is 61.0 Å². The zero-order valence-corrected chi connectivity index (χ0v) is 27.2. The summed E-state index contributed by atoms with van der Waals surface area (Å²) in [6.07, 6.45) is 0.837. The van der Waals surface area contributed by atoms with Crippen molar-refractivity contribution in [2.75, 3.05) is 45.1 Å². The average molecular weight is 640 g/mol. The highest BCUT2D eigenvalue weighted by molar-refractivity contribution is 7.09. The molecule has 4 aromatic rings. The number of hydrogen-bond donors (Lipinski definition) is 2. The molecule has 46 heavy (non-hydrogen) atoms. The number of carbonyl (C=O) groups excluding carboxylic acids is 3. The van der Waals surface area contributed by atoms with Crippen LogP contribution >= 0.6 is 11.3 Å². The lowest BCUT2D eigenvalue weighted by Crippen LogP contribution is -2.43. The number of benzene rings is 3. The van der Waals surface area contributed by atoms with Crippen LogP contribution in [-0.2, 0) is 11.3 Å². The highest BCUT2D eigenvalue weighted by Crippen LogP contribution is 2.28. The highest BCUT2D eigenvalue weighted by atomic mass is 32.1. The van der Waals surface area contributed by atoms with Gasteiger partial charge in [-0.15, -0.1) is 11.3 Å². The second-order valence-corrected chi connectivity index (χ2v) is 12.3. The first-order chi connectivity index (χ1) is 22.4. The number of piperidine rings is 1. The minimum absolute atomic E-state index is 0.130. The van der Waals surface area contributed by atoms with Crippen molar-refractivity contribution in [2.24, 2.45) is 0 Å². The lowest BCUT2D eigenvalue weighted by atomic mass is 10.0. The Balaban J connectivity index is 1.06. The number of anilines is 1. The number of likely N-dealkylation sites (N-methyl/N-ethyl adjacent to an activating group) is 1. The molecule has 0 atom stereocenters. The molecule has 2 heterocycles. The monoisotopic (exact) mass is 639 g/mol. The van der Waals surface area contributed by atoms with E-state index in [2.05, 4.69) is 15.6 Å². The molecule has 0 aliphatic carbocycles. The molecular formula is C36H41N5O4S. The first kappa shape index (κ1) is 32.9. The van der Waals surface area contributed by atoms with Crippen LogP contribution in [0.3, 0.4) is 0 Å². The molecule has 2 N–H and O–H groups in total. The SMILES string of the molecule is CCN(NCc1cccs1)C(=O)c1cccc(C(=O)N(C)CCN2CCC(OC(=O)Nc3ccccc3-c3ccccc3)CC2)c1. The van der Waals surface area contributed by atoms with Crippen LogP contribution in [0, 0.1) is 0 Å². The summed E-state index contributed by atoms with van der Waals surface area (Å²) in [5, 5.41) is 6.51. The van der Waals surface area contributed by atoms with Crippen molar-refractivity contribution in [1.29, 1.82) is 0 Å². The van der Waals surface area contributed by atoms with Crippen LogP contribution in [0.2, 0.25) is 0 Å². The highest BCUT2D eigenvalue weighted by Gasteiger charge is 2.24. The number of thiophene rings is 1. The topological polar surface area (TPSA) is 94.2 Å². The van der Waals surface area contributed by atoms with Crippen LogP contribution < -0.4 is 10.7 Å². The Morgan fingerprint density at radius 2 is 1.61 bits per heavy atom. The molecule has 9 nitrogen and oxygen atoms in total. The maximum atomic E-state index is 13.3. The third-order valence-corrected chi connectivity index (χ3v) is 8.97. The third kappa shape index (κ3) is 8.81. The fourth-order valence-electron chi connectivity index (χ4n) is 5.47. The maximum Gasteiger partial charge on any atom is 0.411 e. The molecule has 240 valence electrons. The zero-order chi connectivity index (χ0) is 32.3. The van der Waals surface area contributed by atoms with Crippen molar-refractivity contribution in [3.05, 3.63) is 112 Å². The standard InChI is InChI=1S/C36H41N5O4S/c1-3-41(37-26-31-15-10-24-46-31)35(43)29-14-9-13-28(25-29)34(42)39(2)22-23-40-20-18-30(19-21-40)45-36(44)38-33-17-8-7-16-32(33)27-11-5-4-6-12-27/h4-17,24-25,30,37H,3,18-23,26H2,1-2H3,(H,38,44). The fraction of sp³-hybridized carbons (Fsp3) is 0.306. The summed E-state index contributed by atoms with van der Waals surface area (Å²) in [6.45, 7) is 5.78. The van der Waals surface area contributed by atoms with Crippen LogP contribution in [0.25, 0.3) is 11.1 Å². The second kappa shape index (κ2) is 16.2. The Hall–Kier alpha value is -4.51. The van der Waals surface area contributed by atoms with Crippen LogP contribution in [0.1, 0.15) is 45.4 Å². The molecule has 1 fully saturated rings. The lowest BCUT2D eigenvalue weighted by molar-refractivity contribution is 0.0539. The Morgan fingerprint density at radius 3 is 2.33 bits per heavy atom. The van der Waals surface area contributed by atoms with E-state index in [1.807, 2.05) is 79.0 Å². The van der Waals surface area contributed by atoms with Gasteiger partial charge >= 0.3 is 6.09 Å². The van der Waals surface area contributed by atoms with Gasteiger partial charge in [0, 0.05) is 67.9 Å². The van der Waals surface area contributed by atoms with E-state index < -0.39 is 6.09 Å². The van der Waals surface area contributed by atoms with Gasteiger partial charge in [-0.25, -0.2) is 10.2 Å². The number of amides is 3. The second-order valence-electron chi connectivity index (χ2n) is 11.3. The van der Waals surface area contributed by atoms with Gasteiger partial charge in [0.15, 0.2) is 0 Å². The van der Waals surface area contributed by atoms with Crippen molar-refractivity contribution >= 4 is 34.9 Å². The van der Waals surface area contributed by atoms with E-state index >= 15 is 0 Å². The summed E-state index contributed by atoms with van der Waals surface area (Å²) in [5.41, 5.74) is 6.82. The van der Waals surface area contributed by atoms with Gasteiger partial charge < -0.3 is 14.5 Å². The summed E-state index contributed by atoms with van der Waals surface area (Å²) < 4.78 is 5.77. The van der Waals surface area contributed by atoms with Gasteiger partial charge in [0.25, 0.3) is 11.8 Å². The van der Waals surface area contributed by atoms with Crippen LogP contribution in [0.5, 0.6) is 0 Å². The van der Waals surface area contributed by atoms with E-state index in [0.29, 0.717) is 43.0 Å². The quantitative estimate of drug-likeness (QED) is 0.175. The molecule has 1 aliphatic rings. The fourth-order valence-corrected chi connectivity index (χ4v) is 6.11. The summed E-state index contributed by atoms with van der Waals surface area (Å²) in [5.74, 6) is -0.301. The smallest absolute Gasteiger partial charge is 0.411 e. The van der Waals surface area contributed by atoms with Crippen LogP contribution in [0.15, 0.2) is 96.4 Å². The minimum Gasteiger partial charge on any atom is -0.446 e. The summed E-state index contributed by atoms with van der Waals surface area (Å²) in [7, 11) is 1.78. The normalized spacial score (nSPS) is 13.6. The van der Waals surface area contributed by atoms with Gasteiger partial charge in [0.2, 0.25) is 0 Å². The summed E-state index contributed by atoms with van der Waals surface area (Å²) in [4.78, 5) is 44.3. The molecule has 0 spiro atoms. The van der Waals surface area contributed by atoms with Crippen molar-refractivity contribution in [3.8, 4) is 11.1 Å². The van der Waals surface area contributed by atoms with Gasteiger partial charge in [-0.1, -0.05) is 60.7 Å². The Kier molecular flexibility index (Phi) is 11.6. The molecule has 10 heteroatoms. The van der Waals surface area contributed by atoms with E-state index in [-0.39, 0.29) is 17.9 Å². The number of carbonyl (C=O) groups is 3. The molecule has 5 rings (SSSR count). The molecule has 0 bridgehead atoms. The van der Waals surface area contributed by atoms with Gasteiger partial charge in [0.05, 0.1) is 5.69 Å². The first-order valence-corrected chi connectivity index (χ1v) is 16.6. The molecule has 1 saturated heterocycles. The van der Waals surface area contributed by atoms with E-state index in [9.17, 15) is 14.4 Å². The Bertz CT molecular complexity index is 1590. The van der Waals surface area contributed by atoms with Crippen molar-refractivity contribution in [2.45, 2.75) is 32.4 Å². The number of para-hydroxylation sites is 1. The molecule has 0 unspecified atom stereocenters. The van der Waals surface area contributed by atoms with Gasteiger partial charge in [-0.3, -0.25) is 19.9 Å². The first-order valence-electron chi connectivity index (χ1n) is 15.7. The third-order valence-electron chi connectivity index (χ3n) is 8.10. The maximum absolute atomic E-state index is 13.3. The molecule has 3 amide bonds. The summed E-state index contributed by atoms with van der Waals surface area (Å²) >= 11 is 1.63. The average Bonchev–Trinajstić information content (AvgIpc) is 3.62. The Morgan fingerprint density at radius 1 is 0.891 bits per heavy atom. The number of nitrogens with one attached hydrogen (secondary N) is 2. The van der Waals surface area contributed by atoms with Crippen molar-refractivity contribution < 1.29 is 19.1 Å². The van der Waals surface area contributed by atoms with Gasteiger partial charge in [0.1, 0.15) is 6.10 Å². The lowest BCUT2D eigenvalue weighted by Gasteiger charge is -2.32. The van der Waals surface area contributed by atoms with Crippen molar-refractivity contribution in [3.63, 3.8) is 0 Å². The molecule has 1 aromatic heterocycles. The predicted molar refractivity (Wildman–Crippen MR) is 183 cm³/mol. The molecule has 0 radical (unpaired) electrons. The molecule has 0 saturated carbocycles. The van der Waals surface area contributed by atoms with E-state index in [4.69, 9.17) is 4.74 Å². The number of likely N-dealkylation sites (tertiary alicyclic amines) is 1. The van der Waals surface area contributed by atoms with E-state index in [1.165, 1.54) is 0 Å². The largest absolute Gasteiger partial charge is 0.446 e. The Labute approximate surface area is 274 Å².